The zero-order valence-corrected chi connectivity index (χ0v) is 13.3. The van der Waals surface area contributed by atoms with Crippen LogP contribution in [0.2, 0.25) is 0 Å². The molecule has 0 atom stereocenters. The molecular weight excluding hydrogens is 280 g/mol. The summed E-state index contributed by atoms with van der Waals surface area (Å²) in [6.07, 6.45) is 3.99. The van der Waals surface area contributed by atoms with Gasteiger partial charge in [0.2, 0.25) is 5.91 Å². The van der Waals surface area contributed by atoms with Crippen LogP contribution in [0.4, 0.5) is 5.82 Å². The first-order valence-corrected chi connectivity index (χ1v) is 7.85. The van der Waals surface area contributed by atoms with Crippen molar-refractivity contribution in [2.75, 3.05) is 31.1 Å². The van der Waals surface area contributed by atoms with Gasteiger partial charge in [-0.25, -0.2) is 4.98 Å². The molecule has 0 spiro atoms. The molecule has 1 saturated heterocycles. The van der Waals surface area contributed by atoms with Crippen LogP contribution >= 0.6 is 0 Å². The van der Waals surface area contributed by atoms with Gasteiger partial charge in [0.25, 0.3) is 5.91 Å². The molecule has 2 amide bonds. The number of pyridine rings is 1. The first-order valence-electron chi connectivity index (χ1n) is 7.85. The molecule has 0 aromatic carbocycles. The quantitative estimate of drug-likeness (QED) is 0.774. The number of nitrogens with zero attached hydrogens (tertiary/aromatic N) is 2. The molecule has 1 aliphatic heterocycles. The summed E-state index contributed by atoms with van der Waals surface area (Å²) in [7, 11) is 0. The number of carbonyl (C=O) groups is 2. The Morgan fingerprint density at radius 1 is 1.23 bits per heavy atom. The highest BCUT2D eigenvalue weighted by Gasteiger charge is 2.20. The van der Waals surface area contributed by atoms with Gasteiger partial charge in [-0.3, -0.25) is 9.59 Å². The number of hydrogen-bond acceptors (Lipinski definition) is 4. The maximum atomic E-state index is 12.3. The second-order valence-corrected chi connectivity index (χ2v) is 5.77. The molecule has 0 saturated carbocycles. The van der Waals surface area contributed by atoms with E-state index in [2.05, 4.69) is 20.5 Å². The van der Waals surface area contributed by atoms with Gasteiger partial charge >= 0.3 is 0 Å². The fraction of sp³-hybridized carbons (Fsp3) is 0.562. The van der Waals surface area contributed by atoms with Crippen molar-refractivity contribution in [3.05, 3.63) is 23.9 Å². The van der Waals surface area contributed by atoms with Crippen LogP contribution in [-0.2, 0) is 4.79 Å². The van der Waals surface area contributed by atoms with Gasteiger partial charge in [0.1, 0.15) is 5.82 Å². The number of amides is 2. The zero-order chi connectivity index (χ0) is 15.9. The van der Waals surface area contributed by atoms with Gasteiger partial charge in [0.15, 0.2) is 0 Å². The van der Waals surface area contributed by atoms with E-state index in [0.717, 1.165) is 31.7 Å². The van der Waals surface area contributed by atoms with Crippen LogP contribution in [0.1, 0.15) is 37.0 Å². The van der Waals surface area contributed by atoms with E-state index in [1.807, 2.05) is 13.8 Å². The predicted molar refractivity (Wildman–Crippen MR) is 85.9 cm³/mol. The van der Waals surface area contributed by atoms with Crippen molar-refractivity contribution in [3.8, 4) is 0 Å². The van der Waals surface area contributed by atoms with Gasteiger partial charge in [-0.2, -0.15) is 0 Å². The van der Waals surface area contributed by atoms with Gasteiger partial charge in [-0.05, 0) is 25.0 Å². The first kappa shape index (κ1) is 16.3. The van der Waals surface area contributed by atoms with E-state index >= 15 is 0 Å². The number of rotatable bonds is 6. The van der Waals surface area contributed by atoms with Crippen molar-refractivity contribution in [3.63, 3.8) is 0 Å². The molecule has 6 heteroatoms. The van der Waals surface area contributed by atoms with E-state index in [1.54, 1.807) is 18.3 Å². The van der Waals surface area contributed by atoms with Crippen molar-refractivity contribution in [2.45, 2.75) is 26.7 Å². The molecule has 0 radical (unpaired) electrons. The first-order chi connectivity index (χ1) is 10.6. The molecule has 6 nitrogen and oxygen atoms in total. The lowest BCUT2D eigenvalue weighted by Gasteiger charge is -2.19. The Kier molecular flexibility index (Phi) is 5.75. The van der Waals surface area contributed by atoms with Gasteiger partial charge in [0, 0.05) is 38.3 Å². The van der Waals surface area contributed by atoms with Crippen LogP contribution in [0.3, 0.4) is 0 Å². The lowest BCUT2D eigenvalue weighted by Crippen LogP contribution is -2.37. The standard InChI is InChI=1S/C16H24N4O2/c1-12(2)15(21)18-8-9-19-16(22)13-6-5-7-17-14(13)20-10-3-4-11-20/h5-7,12H,3-4,8-11H2,1-2H3,(H,18,21)(H,19,22). The summed E-state index contributed by atoms with van der Waals surface area (Å²) in [6, 6.07) is 3.57. The van der Waals surface area contributed by atoms with Gasteiger partial charge in [-0.15, -0.1) is 0 Å². The maximum absolute atomic E-state index is 12.3. The molecule has 0 unspecified atom stereocenters. The van der Waals surface area contributed by atoms with E-state index < -0.39 is 0 Å². The highest BCUT2D eigenvalue weighted by molar-refractivity contribution is 5.98. The fourth-order valence-corrected chi connectivity index (χ4v) is 2.42. The summed E-state index contributed by atoms with van der Waals surface area (Å²) in [4.78, 5) is 30.3. The smallest absolute Gasteiger partial charge is 0.255 e. The third-order valence-electron chi connectivity index (χ3n) is 3.67. The average molecular weight is 304 g/mol. The molecule has 1 aromatic heterocycles. The molecule has 0 bridgehead atoms. The van der Waals surface area contributed by atoms with Crippen molar-refractivity contribution in [2.24, 2.45) is 5.92 Å². The minimum absolute atomic E-state index is 0.00613. The Hall–Kier alpha value is -2.11. The van der Waals surface area contributed by atoms with E-state index in [9.17, 15) is 9.59 Å². The van der Waals surface area contributed by atoms with Crippen molar-refractivity contribution >= 4 is 17.6 Å². The molecule has 2 rings (SSSR count). The molecule has 22 heavy (non-hydrogen) atoms. The van der Waals surface area contributed by atoms with E-state index in [0.29, 0.717) is 18.7 Å². The number of hydrogen-bond donors (Lipinski definition) is 2. The summed E-state index contributed by atoms with van der Waals surface area (Å²) < 4.78 is 0. The molecule has 0 aliphatic carbocycles. The fourth-order valence-electron chi connectivity index (χ4n) is 2.42. The van der Waals surface area contributed by atoms with Crippen molar-refractivity contribution < 1.29 is 9.59 Å². The minimum atomic E-state index is -0.145. The van der Waals surface area contributed by atoms with E-state index in [-0.39, 0.29) is 17.7 Å². The molecule has 1 fully saturated rings. The molecule has 120 valence electrons. The Balaban J connectivity index is 1.88. The van der Waals surface area contributed by atoms with Gasteiger partial charge < -0.3 is 15.5 Å². The number of aromatic nitrogens is 1. The molecular formula is C16H24N4O2. The Morgan fingerprint density at radius 2 is 1.91 bits per heavy atom. The second kappa shape index (κ2) is 7.77. The summed E-state index contributed by atoms with van der Waals surface area (Å²) in [5.41, 5.74) is 0.597. The molecule has 2 N–H and O–H groups in total. The molecule has 1 aliphatic rings. The predicted octanol–water partition coefficient (Wildman–Crippen LogP) is 1.18. The monoisotopic (exact) mass is 304 g/mol. The number of nitrogens with one attached hydrogen (secondary N) is 2. The lowest BCUT2D eigenvalue weighted by atomic mass is 10.2. The lowest BCUT2D eigenvalue weighted by molar-refractivity contribution is -0.123. The molecule has 2 heterocycles. The van der Waals surface area contributed by atoms with Gasteiger partial charge in [0.05, 0.1) is 5.56 Å². The average Bonchev–Trinajstić information content (AvgIpc) is 3.05. The van der Waals surface area contributed by atoms with E-state index in [1.165, 1.54) is 0 Å². The summed E-state index contributed by atoms with van der Waals surface area (Å²) in [6.45, 7) is 6.41. The Bertz CT molecular complexity index is 525. The largest absolute Gasteiger partial charge is 0.356 e. The topological polar surface area (TPSA) is 74.3 Å². The highest BCUT2D eigenvalue weighted by atomic mass is 16.2. The Morgan fingerprint density at radius 3 is 2.59 bits per heavy atom. The third-order valence-corrected chi connectivity index (χ3v) is 3.67. The summed E-state index contributed by atoms with van der Waals surface area (Å²) in [5, 5.41) is 5.62. The molecule has 1 aromatic rings. The maximum Gasteiger partial charge on any atom is 0.255 e. The highest BCUT2D eigenvalue weighted by Crippen LogP contribution is 2.21. The zero-order valence-electron chi connectivity index (χ0n) is 13.3. The normalized spacial score (nSPS) is 14.2. The Labute approximate surface area is 131 Å². The van der Waals surface area contributed by atoms with Crippen LogP contribution in [0, 0.1) is 5.92 Å². The SMILES string of the molecule is CC(C)C(=O)NCCNC(=O)c1cccnc1N1CCCC1. The van der Waals surface area contributed by atoms with Crippen LogP contribution in [0.15, 0.2) is 18.3 Å². The van der Waals surface area contributed by atoms with Crippen LogP contribution in [-0.4, -0.2) is 43.0 Å². The van der Waals surface area contributed by atoms with Crippen molar-refractivity contribution in [1.82, 2.24) is 15.6 Å². The van der Waals surface area contributed by atoms with Crippen LogP contribution in [0.5, 0.6) is 0 Å². The third kappa shape index (κ3) is 4.19. The number of anilines is 1. The van der Waals surface area contributed by atoms with Crippen molar-refractivity contribution in [1.29, 1.82) is 0 Å². The minimum Gasteiger partial charge on any atom is -0.356 e. The van der Waals surface area contributed by atoms with Crippen LogP contribution < -0.4 is 15.5 Å². The van der Waals surface area contributed by atoms with E-state index in [4.69, 9.17) is 0 Å². The van der Waals surface area contributed by atoms with Gasteiger partial charge in [-0.1, -0.05) is 13.8 Å². The summed E-state index contributed by atoms with van der Waals surface area (Å²) in [5.74, 6) is 0.557. The van der Waals surface area contributed by atoms with Crippen LogP contribution in [0.25, 0.3) is 0 Å². The summed E-state index contributed by atoms with van der Waals surface area (Å²) >= 11 is 0. The second-order valence-electron chi connectivity index (χ2n) is 5.77. The number of carbonyl (C=O) groups excluding carboxylic acids is 2.